The Labute approximate surface area is 119 Å². The second-order valence-corrected chi connectivity index (χ2v) is 5.96. The van der Waals surface area contributed by atoms with E-state index in [-0.39, 0.29) is 11.9 Å². The minimum Gasteiger partial charge on any atom is -0.362 e. The molecule has 7 nitrogen and oxygen atoms in total. The zero-order valence-corrected chi connectivity index (χ0v) is 13.0. The van der Waals surface area contributed by atoms with Crippen molar-refractivity contribution in [3.05, 3.63) is 0 Å². The summed E-state index contributed by atoms with van der Waals surface area (Å²) in [5.74, 6) is -0.779. The van der Waals surface area contributed by atoms with E-state index in [0.717, 1.165) is 0 Å². The van der Waals surface area contributed by atoms with E-state index in [1.54, 1.807) is 20.8 Å². The maximum atomic E-state index is 11.5. The van der Waals surface area contributed by atoms with Gasteiger partial charge in [-0.1, -0.05) is 0 Å². The van der Waals surface area contributed by atoms with Gasteiger partial charge in [0.15, 0.2) is 0 Å². The molecule has 0 rings (SSSR count). The molecule has 0 saturated carbocycles. The Morgan fingerprint density at radius 2 is 1.65 bits per heavy atom. The first kappa shape index (κ1) is 19.1. The highest BCUT2D eigenvalue weighted by atomic mass is 16.7. The molecule has 20 heavy (non-hydrogen) atoms. The predicted octanol–water partition coefficient (Wildman–Crippen LogP) is -0.488. The van der Waals surface area contributed by atoms with Crippen LogP contribution in [0.3, 0.4) is 0 Å². The zero-order valence-electron chi connectivity index (χ0n) is 13.0. The van der Waals surface area contributed by atoms with Crippen molar-refractivity contribution in [1.29, 1.82) is 0 Å². The lowest BCUT2D eigenvalue weighted by molar-refractivity contribution is -0.159. The molecule has 0 heterocycles. The number of Topliss-reactive ketones (excluding diaryl/α,β-unsaturated/α-hetero) is 2. The van der Waals surface area contributed by atoms with Crippen molar-refractivity contribution < 1.29 is 24.6 Å². The monoisotopic (exact) mass is 290 g/mol. The van der Waals surface area contributed by atoms with Crippen LogP contribution in [0, 0.1) is 0 Å². The number of ketones is 2. The lowest BCUT2D eigenvalue weighted by Crippen LogP contribution is -2.54. The van der Waals surface area contributed by atoms with E-state index < -0.39 is 23.2 Å². The smallest absolute Gasteiger partial charge is 0.214 e. The summed E-state index contributed by atoms with van der Waals surface area (Å²) in [7, 11) is 0. The van der Waals surface area contributed by atoms with Crippen molar-refractivity contribution in [3.63, 3.8) is 0 Å². The van der Waals surface area contributed by atoms with Crippen LogP contribution < -0.4 is 10.8 Å². The Kier molecular flexibility index (Phi) is 6.92. The third-order valence-corrected chi connectivity index (χ3v) is 3.08. The van der Waals surface area contributed by atoms with E-state index in [1.807, 2.05) is 0 Å². The van der Waals surface area contributed by atoms with Gasteiger partial charge in [-0.15, -0.1) is 0 Å². The molecular formula is C13H26N2O5. The van der Waals surface area contributed by atoms with Crippen LogP contribution in [0.5, 0.6) is 0 Å². The van der Waals surface area contributed by atoms with Crippen LogP contribution in [0.1, 0.15) is 41.5 Å². The van der Waals surface area contributed by atoms with E-state index >= 15 is 0 Å². The van der Waals surface area contributed by atoms with Gasteiger partial charge >= 0.3 is 0 Å². The summed E-state index contributed by atoms with van der Waals surface area (Å²) >= 11 is 0. The number of hydroxylamine groups is 1. The molecule has 0 aromatic heterocycles. The maximum absolute atomic E-state index is 11.5. The van der Waals surface area contributed by atoms with Gasteiger partial charge in [0.25, 0.3) is 0 Å². The van der Waals surface area contributed by atoms with Gasteiger partial charge in [-0.25, -0.2) is 0 Å². The molecule has 0 saturated heterocycles. The fraction of sp³-hybridized carbons (Fsp3) is 0.846. The van der Waals surface area contributed by atoms with Gasteiger partial charge in [-0.05, 0) is 41.5 Å². The minimum atomic E-state index is -2.05. The first-order valence-electron chi connectivity index (χ1n) is 6.49. The second-order valence-electron chi connectivity index (χ2n) is 5.96. The molecule has 0 aromatic rings. The number of carbonyl (C=O) groups excluding carboxylic acids is 2. The number of hydrogen-bond donors (Lipinski definition) is 4. The van der Waals surface area contributed by atoms with Crippen LogP contribution in [-0.4, -0.2) is 51.8 Å². The van der Waals surface area contributed by atoms with Crippen molar-refractivity contribution >= 4 is 11.6 Å². The van der Waals surface area contributed by atoms with Crippen molar-refractivity contribution in [2.45, 2.75) is 65.0 Å². The molecule has 0 aromatic carbocycles. The molecule has 0 aliphatic rings. The molecule has 0 spiro atoms. The molecule has 0 radical (unpaired) electrons. The first-order chi connectivity index (χ1) is 8.90. The number of hydrogen-bond acceptors (Lipinski definition) is 7. The van der Waals surface area contributed by atoms with Gasteiger partial charge in [0.05, 0.1) is 11.6 Å². The number of aliphatic hydroxyl groups is 2. The molecule has 1 atom stereocenters. The number of aliphatic hydroxyl groups excluding tert-OH is 1. The van der Waals surface area contributed by atoms with Gasteiger partial charge in [0.2, 0.25) is 12.1 Å². The summed E-state index contributed by atoms with van der Waals surface area (Å²) in [5.41, 5.74) is 0.639. The highest BCUT2D eigenvalue weighted by Gasteiger charge is 2.33. The molecule has 118 valence electrons. The van der Waals surface area contributed by atoms with Crippen LogP contribution in [-0.2, 0) is 14.4 Å². The highest BCUT2D eigenvalue weighted by Crippen LogP contribution is 2.08. The SMILES string of the molecule is CC(=O)C(C)(C)NCC(C)ONC(C)(C)C(=O)C(O)O. The Hall–Kier alpha value is -0.860. The van der Waals surface area contributed by atoms with E-state index in [0.29, 0.717) is 6.54 Å². The molecule has 0 bridgehead atoms. The third kappa shape index (κ3) is 6.06. The highest BCUT2D eigenvalue weighted by molar-refractivity contribution is 5.89. The Bertz CT molecular complexity index is 353. The average molecular weight is 290 g/mol. The minimum absolute atomic E-state index is 0.0107. The number of carbonyl (C=O) groups is 2. The standard InChI is InChI=1S/C13H26N2O5/c1-8(7-14-12(3,4)9(2)16)20-15-13(5,6)10(17)11(18)19/h8,11,14-15,18-19H,7H2,1-6H3. The van der Waals surface area contributed by atoms with E-state index in [2.05, 4.69) is 10.8 Å². The molecule has 4 N–H and O–H groups in total. The molecule has 0 amide bonds. The van der Waals surface area contributed by atoms with Gasteiger partial charge in [0, 0.05) is 6.54 Å². The molecule has 7 heteroatoms. The maximum Gasteiger partial charge on any atom is 0.214 e. The Morgan fingerprint density at radius 1 is 1.15 bits per heavy atom. The van der Waals surface area contributed by atoms with Gasteiger partial charge < -0.3 is 15.5 Å². The molecular weight excluding hydrogens is 264 g/mol. The quantitative estimate of drug-likeness (QED) is 0.335. The number of nitrogens with one attached hydrogen (secondary N) is 2. The van der Waals surface area contributed by atoms with Crippen LogP contribution in [0.15, 0.2) is 0 Å². The Morgan fingerprint density at radius 3 is 2.05 bits per heavy atom. The number of rotatable bonds is 9. The third-order valence-electron chi connectivity index (χ3n) is 3.08. The summed E-state index contributed by atoms with van der Waals surface area (Å²) in [6, 6.07) is 0. The fourth-order valence-corrected chi connectivity index (χ4v) is 1.19. The van der Waals surface area contributed by atoms with Crippen molar-refractivity contribution in [1.82, 2.24) is 10.8 Å². The van der Waals surface area contributed by atoms with Crippen LogP contribution >= 0.6 is 0 Å². The van der Waals surface area contributed by atoms with Crippen molar-refractivity contribution in [2.75, 3.05) is 6.54 Å². The molecule has 0 aliphatic heterocycles. The van der Waals surface area contributed by atoms with E-state index in [9.17, 15) is 9.59 Å². The van der Waals surface area contributed by atoms with Gasteiger partial charge in [0.1, 0.15) is 11.3 Å². The average Bonchev–Trinajstić information content (AvgIpc) is 2.32. The largest absolute Gasteiger partial charge is 0.362 e. The summed E-state index contributed by atoms with van der Waals surface area (Å²) in [4.78, 5) is 28.1. The van der Waals surface area contributed by atoms with Crippen LogP contribution in [0.2, 0.25) is 0 Å². The normalized spacial score (nSPS) is 14.4. The summed E-state index contributed by atoms with van der Waals surface area (Å²) in [6.45, 7) is 10.2. The lowest BCUT2D eigenvalue weighted by atomic mass is 10.00. The molecule has 0 aliphatic carbocycles. The van der Waals surface area contributed by atoms with E-state index in [4.69, 9.17) is 15.1 Å². The summed E-state index contributed by atoms with van der Waals surface area (Å²) in [5, 5.41) is 20.8. The summed E-state index contributed by atoms with van der Waals surface area (Å²) in [6.07, 6.45) is -2.37. The Balaban J connectivity index is 4.27. The zero-order chi connectivity index (χ0) is 16.1. The predicted molar refractivity (Wildman–Crippen MR) is 73.8 cm³/mol. The second kappa shape index (κ2) is 7.24. The lowest BCUT2D eigenvalue weighted by Gasteiger charge is -2.29. The molecule has 0 fully saturated rings. The summed E-state index contributed by atoms with van der Waals surface area (Å²) < 4.78 is 0. The first-order valence-corrected chi connectivity index (χ1v) is 6.49. The van der Waals surface area contributed by atoms with Crippen molar-refractivity contribution in [3.8, 4) is 0 Å². The van der Waals surface area contributed by atoms with Crippen LogP contribution in [0.25, 0.3) is 0 Å². The van der Waals surface area contributed by atoms with Gasteiger partial charge in [-0.2, -0.15) is 5.48 Å². The van der Waals surface area contributed by atoms with Crippen molar-refractivity contribution in [2.24, 2.45) is 0 Å². The fourth-order valence-electron chi connectivity index (χ4n) is 1.19. The topological polar surface area (TPSA) is 108 Å². The van der Waals surface area contributed by atoms with Gasteiger partial charge in [-0.3, -0.25) is 14.4 Å². The van der Waals surface area contributed by atoms with Crippen LogP contribution in [0.4, 0.5) is 0 Å². The molecule has 1 unspecified atom stereocenters. The van der Waals surface area contributed by atoms with E-state index in [1.165, 1.54) is 20.8 Å².